The zero-order chi connectivity index (χ0) is 23.2. The van der Waals surface area contributed by atoms with Gasteiger partial charge in [0.25, 0.3) is 0 Å². The molecule has 0 bridgehead atoms. The minimum absolute atomic E-state index is 0.152. The lowest BCUT2D eigenvalue weighted by Crippen LogP contribution is -2.46. The molecule has 172 valence electrons. The summed E-state index contributed by atoms with van der Waals surface area (Å²) in [6.45, 7) is 16.0. The molecular weight excluding hydrogens is 426 g/mol. The van der Waals surface area contributed by atoms with Crippen LogP contribution >= 0.6 is 11.3 Å². The Hall–Kier alpha value is -2.70. The number of hydrogen-bond donors (Lipinski definition) is 1. The Morgan fingerprint density at radius 2 is 1.67 bits per heavy atom. The molecule has 3 heterocycles. The normalized spacial score (nSPS) is 15.5. The Bertz CT molecular complexity index is 1250. The molecule has 0 atom stereocenters. The smallest absolute Gasteiger partial charge is 0.138 e. The molecule has 5 rings (SSSR count). The average molecular weight is 460 g/mol. The number of aryl methyl sites for hydroxylation is 2. The van der Waals surface area contributed by atoms with E-state index in [-0.39, 0.29) is 5.41 Å². The summed E-state index contributed by atoms with van der Waals surface area (Å²) in [7, 11) is 0. The summed E-state index contributed by atoms with van der Waals surface area (Å²) in [6.07, 6.45) is 0. The van der Waals surface area contributed by atoms with Gasteiger partial charge in [0.1, 0.15) is 11.3 Å². The van der Waals surface area contributed by atoms with Crippen molar-refractivity contribution in [1.29, 1.82) is 0 Å². The fourth-order valence-electron chi connectivity index (χ4n) is 4.61. The number of anilines is 1. The average Bonchev–Trinajstić information content (AvgIpc) is 3.36. The zero-order valence-corrected chi connectivity index (χ0v) is 21.1. The van der Waals surface area contributed by atoms with E-state index in [0.717, 1.165) is 60.2 Å². The minimum atomic E-state index is 0.152. The molecule has 0 radical (unpaired) electrons. The van der Waals surface area contributed by atoms with Crippen LogP contribution in [0.4, 0.5) is 5.69 Å². The molecule has 2 aromatic heterocycles. The number of piperazine rings is 1. The number of thiazole rings is 1. The summed E-state index contributed by atoms with van der Waals surface area (Å²) in [4.78, 5) is 19.6. The second-order valence-corrected chi connectivity index (χ2v) is 11.5. The molecule has 1 aliphatic rings. The molecule has 1 saturated heterocycles. The van der Waals surface area contributed by atoms with E-state index in [1.165, 1.54) is 21.8 Å². The summed E-state index contributed by atoms with van der Waals surface area (Å²) < 4.78 is 0. The highest BCUT2D eigenvalue weighted by molar-refractivity contribution is 7.11. The van der Waals surface area contributed by atoms with Crippen LogP contribution in [0.25, 0.3) is 22.4 Å². The number of fused-ring (bicyclic) bond motifs is 1. The van der Waals surface area contributed by atoms with E-state index in [1.54, 1.807) is 11.3 Å². The van der Waals surface area contributed by atoms with E-state index in [0.29, 0.717) is 0 Å². The van der Waals surface area contributed by atoms with Crippen molar-refractivity contribution in [3.05, 3.63) is 63.6 Å². The summed E-state index contributed by atoms with van der Waals surface area (Å²) in [5, 5.41) is 1.16. The number of hydrogen-bond acceptors (Lipinski definition) is 5. The predicted molar refractivity (Wildman–Crippen MR) is 139 cm³/mol. The number of nitrogens with one attached hydrogen (secondary N) is 1. The summed E-state index contributed by atoms with van der Waals surface area (Å²) in [5.74, 6) is 0.936. The lowest BCUT2D eigenvalue weighted by atomic mass is 9.87. The van der Waals surface area contributed by atoms with E-state index in [2.05, 4.69) is 91.9 Å². The van der Waals surface area contributed by atoms with Crippen molar-refractivity contribution in [2.75, 3.05) is 31.1 Å². The number of nitrogens with zero attached hydrogens (tertiary/aromatic N) is 4. The molecule has 6 heteroatoms. The van der Waals surface area contributed by atoms with E-state index in [9.17, 15) is 0 Å². The van der Waals surface area contributed by atoms with Gasteiger partial charge in [-0.1, -0.05) is 51.1 Å². The quantitative estimate of drug-likeness (QED) is 0.411. The first-order valence-corrected chi connectivity index (χ1v) is 12.6. The summed E-state index contributed by atoms with van der Waals surface area (Å²) in [5.41, 5.74) is 7.24. The van der Waals surface area contributed by atoms with Crippen molar-refractivity contribution in [3.8, 4) is 11.4 Å². The molecule has 0 amide bonds. The fraction of sp³-hybridized carbons (Fsp3) is 0.407. The highest BCUT2D eigenvalue weighted by Crippen LogP contribution is 2.30. The molecule has 0 aliphatic carbocycles. The van der Waals surface area contributed by atoms with Gasteiger partial charge in [-0.25, -0.2) is 9.97 Å². The molecule has 0 unspecified atom stereocenters. The number of benzene rings is 2. The highest BCUT2D eigenvalue weighted by Gasteiger charge is 2.22. The fourth-order valence-corrected chi connectivity index (χ4v) is 5.44. The van der Waals surface area contributed by atoms with Crippen molar-refractivity contribution in [1.82, 2.24) is 19.9 Å². The lowest BCUT2D eigenvalue weighted by Gasteiger charge is -2.36. The van der Waals surface area contributed by atoms with Crippen LogP contribution in [-0.4, -0.2) is 46.0 Å². The largest absolute Gasteiger partial charge is 0.367 e. The number of aromatic amines is 1. The van der Waals surface area contributed by atoms with Gasteiger partial charge in [-0.2, -0.15) is 0 Å². The monoisotopic (exact) mass is 459 g/mol. The van der Waals surface area contributed by atoms with E-state index in [4.69, 9.17) is 9.97 Å². The van der Waals surface area contributed by atoms with E-state index >= 15 is 0 Å². The number of imidazole rings is 1. The van der Waals surface area contributed by atoms with Crippen LogP contribution < -0.4 is 4.90 Å². The van der Waals surface area contributed by atoms with Crippen LogP contribution in [-0.2, 0) is 12.0 Å². The SMILES string of the molecule is Cc1nc(CN2CCN(c3cccc4[nH]c(-c5ccc(C(C)(C)C)cc5)nc34)CC2)c(C)s1. The molecule has 1 fully saturated rings. The molecule has 2 aromatic carbocycles. The molecule has 33 heavy (non-hydrogen) atoms. The molecular formula is C27H33N5S. The third-order valence-electron chi connectivity index (χ3n) is 6.60. The van der Waals surface area contributed by atoms with Gasteiger partial charge in [-0.05, 0) is 37.0 Å². The van der Waals surface area contributed by atoms with Gasteiger partial charge >= 0.3 is 0 Å². The van der Waals surface area contributed by atoms with Crippen molar-refractivity contribution in [2.24, 2.45) is 0 Å². The van der Waals surface area contributed by atoms with Crippen molar-refractivity contribution >= 4 is 28.1 Å². The van der Waals surface area contributed by atoms with Crippen molar-refractivity contribution < 1.29 is 0 Å². The molecule has 5 nitrogen and oxygen atoms in total. The predicted octanol–water partition coefficient (Wildman–Crippen LogP) is 5.92. The van der Waals surface area contributed by atoms with Gasteiger partial charge < -0.3 is 9.88 Å². The number of H-pyrrole nitrogens is 1. The topological polar surface area (TPSA) is 48.1 Å². The number of rotatable bonds is 4. The summed E-state index contributed by atoms with van der Waals surface area (Å²) in [6, 6.07) is 15.3. The van der Waals surface area contributed by atoms with Crippen LogP contribution in [0, 0.1) is 13.8 Å². The molecule has 0 spiro atoms. The zero-order valence-electron chi connectivity index (χ0n) is 20.3. The maximum absolute atomic E-state index is 5.03. The second-order valence-electron chi connectivity index (χ2n) is 10.1. The Kier molecular flexibility index (Phi) is 5.75. The lowest BCUT2D eigenvalue weighted by molar-refractivity contribution is 0.247. The molecule has 4 aromatic rings. The van der Waals surface area contributed by atoms with Crippen LogP contribution in [0.5, 0.6) is 0 Å². The van der Waals surface area contributed by atoms with Gasteiger partial charge in [0.2, 0.25) is 0 Å². The van der Waals surface area contributed by atoms with Crippen LogP contribution in [0.3, 0.4) is 0 Å². The van der Waals surface area contributed by atoms with E-state index < -0.39 is 0 Å². The third kappa shape index (κ3) is 4.55. The van der Waals surface area contributed by atoms with Crippen LogP contribution in [0.1, 0.15) is 41.9 Å². The third-order valence-corrected chi connectivity index (χ3v) is 7.53. The second kappa shape index (κ2) is 8.58. The number of aromatic nitrogens is 3. The number of para-hydroxylation sites is 1. The minimum Gasteiger partial charge on any atom is -0.367 e. The Morgan fingerprint density at radius 3 is 2.30 bits per heavy atom. The maximum atomic E-state index is 5.03. The van der Waals surface area contributed by atoms with Crippen LogP contribution in [0.15, 0.2) is 42.5 Å². The summed E-state index contributed by atoms with van der Waals surface area (Å²) >= 11 is 1.80. The van der Waals surface area contributed by atoms with Gasteiger partial charge in [0.05, 0.1) is 21.9 Å². The van der Waals surface area contributed by atoms with Crippen molar-refractivity contribution in [3.63, 3.8) is 0 Å². The Balaban J connectivity index is 1.33. The van der Waals surface area contributed by atoms with Gasteiger partial charge in [0.15, 0.2) is 0 Å². The van der Waals surface area contributed by atoms with Gasteiger partial charge in [0, 0.05) is 43.2 Å². The highest BCUT2D eigenvalue weighted by atomic mass is 32.1. The van der Waals surface area contributed by atoms with E-state index in [1.807, 2.05) is 0 Å². The maximum Gasteiger partial charge on any atom is 0.138 e. The molecule has 1 aliphatic heterocycles. The first-order chi connectivity index (χ1) is 15.8. The molecule has 1 N–H and O–H groups in total. The first-order valence-electron chi connectivity index (χ1n) is 11.8. The first kappa shape index (κ1) is 22.1. The van der Waals surface area contributed by atoms with Gasteiger partial charge in [-0.15, -0.1) is 11.3 Å². The van der Waals surface area contributed by atoms with Gasteiger partial charge in [-0.3, -0.25) is 4.90 Å². The Morgan fingerprint density at radius 1 is 0.939 bits per heavy atom. The molecule has 0 saturated carbocycles. The van der Waals surface area contributed by atoms with Crippen molar-refractivity contribution in [2.45, 2.75) is 46.6 Å². The Labute approximate surface area is 200 Å². The van der Waals surface area contributed by atoms with Crippen LogP contribution in [0.2, 0.25) is 0 Å². The standard InChI is InChI=1S/C27H33N5S/c1-18-23(28-19(2)33-18)17-31-13-15-32(16-14-31)24-8-6-7-22-25(24)30-26(29-22)20-9-11-21(12-10-20)27(3,4)5/h6-12H,13-17H2,1-5H3,(H,29,30).